The second-order valence-electron chi connectivity index (χ2n) is 5.87. The van der Waals surface area contributed by atoms with Crippen molar-refractivity contribution in [3.63, 3.8) is 0 Å². The number of carbonyl (C=O) groups is 1. The molecule has 3 nitrogen and oxygen atoms in total. The molecular formula is C16H24BrNO2. The average Bonchev–Trinajstić information content (AvgIpc) is 2.33. The van der Waals surface area contributed by atoms with E-state index in [9.17, 15) is 4.79 Å². The van der Waals surface area contributed by atoms with E-state index in [0.717, 1.165) is 21.2 Å². The van der Waals surface area contributed by atoms with E-state index in [1.165, 1.54) is 0 Å². The van der Waals surface area contributed by atoms with Crippen LogP contribution in [0.4, 0.5) is 0 Å². The minimum Gasteiger partial charge on any atom is -0.466 e. The van der Waals surface area contributed by atoms with E-state index in [-0.39, 0.29) is 12.0 Å². The molecule has 0 saturated heterocycles. The van der Waals surface area contributed by atoms with Crippen molar-refractivity contribution in [2.45, 2.75) is 47.1 Å². The number of ether oxygens (including phenoxy) is 1. The van der Waals surface area contributed by atoms with Crippen LogP contribution in [-0.4, -0.2) is 12.6 Å². The minimum absolute atomic E-state index is 0.179. The van der Waals surface area contributed by atoms with Gasteiger partial charge in [-0.3, -0.25) is 4.79 Å². The maximum absolute atomic E-state index is 12.0. The SMILES string of the molecule is CCOC(=O)C(C)(C)CC(N)c1cc(C)c(Br)cc1C. The van der Waals surface area contributed by atoms with Crippen LogP contribution in [0.15, 0.2) is 16.6 Å². The highest BCUT2D eigenvalue weighted by atomic mass is 79.9. The quantitative estimate of drug-likeness (QED) is 0.822. The van der Waals surface area contributed by atoms with E-state index in [4.69, 9.17) is 10.5 Å². The Morgan fingerprint density at radius 1 is 1.35 bits per heavy atom. The van der Waals surface area contributed by atoms with Gasteiger partial charge >= 0.3 is 5.97 Å². The summed E-state index contributed by atoms with van der Waals surface area (Å²) in [5, 5.41) is 0. The fourth-order valence-electron chi connectivity index (χ4n) is 2.27. The number of hydrogen-bond donors (Lipinski definition) is 1. The zero-order valence-electron chi connectivity index (χ0n) is 12.9. The lowest BCUT2D eigenvalue weighted by molar-refractivity contribution is -0.154. The van der Waals surface area contributed by atoms with Crippen molar-refractivity contribution in [3.05, 3.63) is 33.3 Å². The van der Waals surface area contributed by atoms with Crippen LogP contribution in [0.25, 0.3) is 0 Å². The summed E-state index contributed by atoms with van der Waals surface area (Å²) in [6.45, 7) is 10.1. The van der Waals surface area contributed by atoms with E-state index in [2.05, 4.69) is 28.1 Å². The van der Waals surface area contributed by atoms with Crippen molar-refractivity contribution in [2.75, 3.05) is 6.61 Å². The predicted octanol–water partition coefficient (Wildman–Crippen LogP) is 4.05. The summed E-state index contributed by atoms with van der Waals surface area (Å²) >= 11 is 3.52. The van der Waals surface area contributed by atoms with Crippen molar-refractivity contribution < 1.29 is 9.53 Å². The summed E-state index contributed by atoms with van der Waals surface area (Å²) in [6.07, 6.45) is 0.563. The Labute approximate surface area is 130 Å². The van der Waals surface area contributed by atoms with Crippen LogP contribution in [0.3, 0.4) is 0 Å². The molecule has 20 heavy (non-hydrogen) atoms. The summed E-state index contributed by atoms with van der Waals surface area (Å²) < 4.78 is 6.19. The maximum atomic E-state index is 12.0. The average molecular weight is 342 g/mol. The molecule has 1 atom stereocenters. The van der Waals surface area contributed by atoms with Gasteiger partial charge in [0, 0.05) is 10.5 Å². The molecule has 0 aliphatic carbocycles. The molecule has 0 saturated carbocycles. The molecular weight excluding hydrogens is 318 g/mol. The van der Waals surface area contributed by atoms with Gasteiger partial charge in [-0.2, -0.15) is 0 Å². The lowest BCUT2D eigenvalue weighted by Gasteiger charge is -2.27. The smallest absolute Gasteiger partial charge is 0.311 e. The van der Waals surface area contributed by atoms with Gasteiger partial charge in [-0.25, -0.2) is 0 Å². The maximum Gasteiger partial charge on any atom is 0.311 e. The fraction of sp³-hybridized carbons (Fsp3) is 0.562. The summed E-state index contributed by atoms with van der Waals surface area (Å²) in [5.41, 5.74) is 9.10. The molecule has 2 N–H and O–H groups in total. The van der Waals surface area contributed by atoms with Crippen LogP contribution in [0, 0.1) is 19.3 Å². The Bertz CT molecular complexity index is 497. The normalized spacial score (nSPS) is 13.2. The van der Waals surface area contributed by atoms with Gasteiger partial charge in [0.15, 0.2) is 0 Å². The zero-order chi connectivity index (χ0) is 15.5. The molecule has 1 rings (SSSR count). The minimum atomic E-state index is -0.581. The largest absolute Gasteiger partial charge is 0.466 e. The third-order valence-corrected chi connectivity index (χ3v) is 4.36. The van der Waals surface area contributed by atoms with Crippen LogP contribution in [0.2, 0.25) is 0 Å². The fourth-order valence-corrected chi connectivity index (χ4v) is 2.73. The monoisotopic (exact) mass is 341 g/mol. The number of nitrogens with two attached hydrogens (primary N) is 1. The van der Waals surface area contributed by atoms with Crippen molar-refractivity contribution >= 4 is 21.9 Å². The van der Waals surface area contributed by atoms with Gasteiger partial charge in [0.2, 0.25) is 0 Å². The summed E-state index contributed by atoms with van der Waals surface area (Å²) in [4.78, 5) is 12.0. The topological polar surface area (TPSA) is 52.3 Å². The predicted molar refractivity (Wildman–Crippen MR) is 85.6 cm³/mol. The second-order valence-corrected chi connectivity index (χ2v) is 6.73. The van der Waals surface area contributed by atoms with Gasteiger partial charge in [0.1, 0.15) is 0 Å². The van der Waals surface area contributed by atoms with E-state index in [1.807, 2.05) is 34.6 Å². The van der Waals surface area contributed by atoms with Gasteiger partial charge < -0.3 is 10.5 Å². The molecule has 0 spiro atoms. The van der Waals surface area contributed by atoms with E-state index in [0.29, 0.717) is 13.0 Å². The Morgan fingerprint density at radius 2 is 1.95 bits per heavy atom. The molecule has 0 radical (unpaired) electrons. The molecule has 1 unspecified atom stereocenters. The lowest BCUT2D eigenvalue weighted by Crippen LogP contribution is -2.31. The molecule has 0 aliphatic heterocycles. The third-order valence-electron chi connectivity index (χ3n) is 3.51. The highest BCUT2D eigenvalue weighted by Crippen LogP contribution is 2.33. The van der Waals surface area contributed by atoms with Crippen molar-refractivity contribution in [1.29, 1.82) is 0 Å². The first-order valence-electron chi connectivity index (χ1n) is 6.88. The van der Waals surface area contributed by atoms with Crippen LogP contribution < -0.4 is 5.73 Å². The molecule has 1 aromatic rings. The van der Waals surface area contributed by atoms with Gasteiger partial charge in [-0.1, -0.05) is 22.0 Å². The number of benzene rings is 1. The third kappa shape index (κ3) is 4.06. The highest BCUT2D eigenvalue weighted by Gasteiger charge is 2.32. The number of aryl methyl sites for hydroxylation is 2. The molecule has 0 aliphatic rings. The zero-order valence-corrected chi connectivity index (χ0v) is 14.5. The van der Waals surface area contributed by atoms with Crippen LogP contribution in [0.1, 0.15) is 49.9 Å². The van der Waals surface area contributed by atoms with Crippen LogP contribution >= 0.6 is 15.9 Å². The molecule has 0 aromatic heterocycles. The Kier molecular flexibility index (Phi) is 5.78. The Balaban J connectivity index is 2.94. The number of halogens is 1. The number of rotatable bonds is 5. The first kappa shape index (κ1) is 17.2. The number of esters is 1. The number of carbonyl (C=O) groups excluding carboxylic acids is 1. The van der Waals surface area contributed by atoms with Crippen molar-refractivity contribution in [1.82, 2.24) is 0 Å². The highest BCUT2D eigenvalue weighted by molar-refractivity contribution is 9.10. The van der Waals surface area contributed by atoms with Gasteiger partial charge in [0.05, 0.1) is 12.0 Å². The van der Waals surface area contributed by atoms with E-state index < -0.39 is 5.41 Å². The molecule has 0 fully saturated rings. The summed E-state index contributed by atoms with van der Waals surface area (Å²) in [6, 6.07) is 3.98. The van der Waals surface area contributed by atoms with Crippen LogP contribution in [0.5, 0.6) is 0 Å². The van der Waals surface area contributed by atoms with E-state index >= 15 is 0 Å². The first-order valence-corrected chi connectivity index (χ1v) is 7.67. The standard InChI is InChI=1S/C16H24BrNO2/c1-6-20-15(19)16(4,5)9-14(18)12-7-11(3)13(17)8-10(12)2/h7-8,14H,6,9,18H2,1-5H3. The van der Waals surface area contributed by atoms with Gasteiger partial charge in [0.25, 0.3) is 0 Å². The molecule has 0 amide bonds. The first-order chi connectivity index (χ1) is 9.19. The van der Waals surface area contributed by atoms with Gasteiger partial charge in [-0.15, -0.1) is 0 Å². The second kappa shape index (κ2) is 6.72. The van der Waals surface area contributed by atoms with E-state index in [1.54, 1.807) is 0 Å². The van der Waals surface area contributed by atoms with Crippen LogP contribution in [-0.2, 0) is 9.53 Å². The van der Waals surface area contributed by atoms with Crippen molar-refractivity contribution in [3.8, 4) is 0 Å². The lowest BCUT2D eigenvalue weighted by atomic mass is 9.82. The van der Waals surface area contributed by atoms with Crippen molar-refractivity contribution in [2.24, 2.45) is 11.1 Å². The summed E-state index contributed by atoms with van der Waals surface area (Å²) in [5.74, 6) is -0.193. The number of hydrogen-bond acceptors (Lipinski definition) is 3. The molecule has 0 bridgehead atoms. The molecule has 1 aromatic carbocycles. The Morgan fingerprint density at radius 3 is 2.50 bits per heavy atom. The van der Waals surface area contributed by atoms with Gasteiger partial charge in [-0.05, 0) is 63.8 Å². The molecule has 0 heterocycles. The molecule has 112 valence electrons. The summed E-state index contributed by atoms with van der Waals surface area (Å²) in [7, 11) is 0. The molecule has 4 heteroatoms. The Hall–Kier alpha value is -0.870.